The molecule has 2 N–H and O–H groups in total. The summed E-state index contributed by atoms with van der Waals surface area (Å²) in [5.74, 6) is -0.0247. The minimum Gasteiger partial charge on any atom is -0.325 e. The van der Waals surface area contributed by atoms with Crippen molar-refractivity contribution in [2.45, 2.75) is 13.0 Å². The highest BCUT2D eigenvalue weighted by Crippen LogP contribution is 2.15. The zero-order chi connectivity index (χ0) is 12.8. The molecule has 3 nitrogen and oxygen atoms in total. The van der Waals surface area contributed by atoms with Gasteiger partial charge in [0.2, 0.25) is 5.91 Å². The lowest BCUT2D eigenvalue weighted by atomic mass is 10.2. The highest BCUT2D eigenvalue weighted by atomic mass is 32.1. The van der Waals surface area contributed by atoms with Crippen molar-refractivity contribution in [1.82, 2.24) is 5.32 Å². The summed E-state index contributed by atoms with van der Waals surface area (Å²) in [5, 5.41) is 10.2. The van der Waals surface area contributed by atoms with Crippen LogP contribution in [0.5, 0.6) is 0 Å². The standard InChI is InChI=1S/C14H16N2OS/c1-11(12-7-8-18-10-12)15-9-14(17)16-13-5-3-2-4-6-13/h2-8,10-11,15H,9H2,1H3,(H,16,17). The van der Waals surface area contributed by atoms with Crippen molar-refractivity contribution in [2.75, 3.05) is 11.9 Å². The minimum absolute atomic E-state index is 0.0247. The van der Waals surface area contributed by atoms with E-state index in [1.54, 1.807) is 11.3 Å². The van der Waals surface area contributed by atoms with E-state index >= 15 is 0 Å². The largest absolute Gasteiger partial charge is 0.325 e. The number of hydrogen-bond acceptors (Lipinski definition) is 3. The monoisotopic (exact) mass is 260 g/mol. The van der Waals surface area contributed by atoms with Crippen molar-refractivity contribution in [1.29, 1.82) is 0 Å². The van der Waals surface area contributed by atoms with E-state index in [4.69, 9.17) is 0 Å². The first kappa shape index (κ1) is 12.8. The van der Waals surface area contributed by atoms with E-state index < -0.39 is 0 Å². The molecule has 1 heterocycles. The predicted molar refractivity (Wildman–Crippen MR) is 75.8 cm³/mol. The van der Waals surface area contributed by atoms with Crippen molar-refractivity contribution in [2.24, 2.45) is 0 Å². The lowest BCUT2D eigenvalue weighted by Crippen LogP contribution is -2.29. The van der Waals surface area contributed by atoms with Gasteiger partial charge in [0.25, 0.3) is 0 Å². The molecule has 0 saturated carbocycles. The molecular weight excluding hydrogens is 244 g/mol. The Morgan fingerprint density at radius 2 is 2.06 bits per heavy atom. The molecule has 94 valence electrons. The molecule has 4 heteroatoms. The Bertz CT molecular complexity index is 482. The normalized spacial score (nSPS) is 12.1. The van der Waals surface area contributed by atoms with Gasteiger partial charge in [-0.25, -0.2) is 0 Å². The maximum Gasteiger partial charge on any atom is 0.238 e. The van der Waals surface area contributed by atoms with E-state index in [0.717, 1.165) is 5.69 Å². The van der Waals surface area contributed by atoms with E-state index in [2.05, 4.69) is 29.0 Å². The van der Waals surface area contributed by atoms with Gasteiger partial charge >= 0.3 is 0 Å². The van der Waals surface area contributed by atoms with Crippen molar-refractivity contribution in [3.05, 3.63) is 52.7 Å². The first-order chi connectivity index (χ1) is 8.75. The number of thiophene rings is 1. The van der Waals surface area contributed by atoms with Gasteiger partial charge in [-0.2, -0.15) is 11.3 Å². The summed E-state index contributed by atoms with van der Waals surface area (Å²) in [6.45, 7) is 2.36. The SMILES string of the molecule is CC(NCC(=O)Nc1ccccc1)c1ccsc1. The molecule has 1 aromatic carbocycles. The lowest BCUT2D eigenvalue weighted by molar-refractivity contribution is -0.115. The number of hydrogen-bond donors (Lipinski definition) is 2. The van der Waals surface area contributed by atoms with Crippen LogP contribution in [-0.4, -0.2) is 12.5 Å². The van der Waals surface area contributed by atoms with E-state index in [9.17, 15) is 4.79 Å². The van der Waals surface area contributed by atoms with E-state index in [1.165, 1.54) is 5.56 Å². The van der Waals surface area contributed by atoms with Gasteiger partial charge in [0.05, 0.1) is 6.54 Å². The van der Waals surface area contributed by atoms with Crippen LogP contribution in [0.4, 0.5) is 5.69 Å². The summed E-state index contributed by atoms with van der Waals surface area (Å²) < 4.78 is 0. The fourth-order valence-corrected chi connectivity index (χ4v) is 2.37. The van der Waals surface area contributed by atoms with Crippen LogP contribution < -0.4 is 10.6 Å². The van der Waals surface area contributed by atoms with Crippen LogP contribution in [0.1, 0.15) is 18.5 Å². The fraction of sp³-hybridized carbons (Fsp3) is 0.214. The molecule has 0 spiro atoms. The second kappa shape index (κ2) is 6.33. The summed E-state index contributed by atoms with van der Waals surface area (Å²) in [4.78, 5) is 11.7. The van der Waals surface area contributed by atoms with Crippen LogP contribution >= 0.6 is 11.3 Å². The van der Waals surface area contributed by atoms with Gasteiger partial charge in [-0.3, -0.25) is 4.79 Å². The average Bonchev–Trinajstić information content (AvgIpc) is 2.91. The van der Waals surface area contributed by atoms with Gasteiger partial charge in [-0.15, -0.1) is 0 Å². The quantitative estimate of drug-likeness (QED) is 0.867. The molecule has 0 aliphatic rings. The summed E-state index contributed by atoms with van der Waals surface area (Å²) >= 11 is 1.66. The minimum atomic E-state index is -0.0247. The summed E-state index contributed by atoms with van der Waals surface area (Å²) in [7, 11) is 0. The number of benzene rings is 1. The van der Waals surface area contributed by atoms with Crippen LogP contribution in [0.3, 0.4) is 0 Å². The summed E-state index contributed by atoms with van der Waals surface area (Å²) in [5.41, 5.74) is 2.04. The number of anilines is 1. The van der Waals surface area contributed by atoms with E-state index in [1.807, 2.05) is 35.7 Å². The molecule has 18 heavy (non-hydrogen) atoms. The van der Waals surface area contributed by atoms with Gasteiger partial charge in [0.15, 0.2) is 0 Å². The van der Waals surface area contributed by atoms with Crippen LogP contribution in [0.15, 0.2) is 47.2 Å². The maximum absolute atomic E-state index is 11.7. The first-order valence-corrected chi connectivity index (χ1v) is 6.80. The molecule has 0 aliphatic carbocycles. The molecular formula is C14H16N2OS. The Morgan fingerprint density at radius 3 is 2.72 bits per heavy atom. The Labute approximate surface area is 111 Å². The van der Waals surface area contributed by atoms with Gasteiger partial charge in [0.1, 0.15) is 0 Å². The third-order valence-electron chi connectivity index (χ3n) is 2.67. The van der Waals surface area contributed by atoms with Gasteiger partial charge in [-0.05, 0) is 41.4 Å². The van der Waals surface area contributed by atoms with Crippen LogP contribution in [0.25, 0.3) is 0 Å². The highest BCUT2D eigenvalue weighted by molar-refractivity contribution is 7.07. The first-order valence-electron chi connectivity index (χ1n) is 5.86. The number of rotatable bonds is 5. The Balaban J connectivity index is 1.79. The second-order valence-corrected chi connectivity index (χ2v) is 4.85. The molecule has 0 radical (unpaired) electrons. The molecule has 2 rings (SSSR count). The van der Waals surface area contributed by atoms with Gasteiger partial charge in [0, 0.05) is 11.7 Å². The van der Waals surface area contributed by atoms with Crippen LogP contribution in [-0.2, 0) is 4.79 Å². The van der Waals surface area contributed by atoms with Crippen LogP contribution in [0.2, 0.25) is 0 Å². The zero-order valence-corrected chi connectivity index (χ0v) is 11.0. The molecule has 1 unspecified atom stereocenters. The highest BCUT2D eigenvalue weighted by Gasteiger charge is 2.07. The van der Waals surface area contributed by atoms with Crippen molar-refractivity contribution in [3.8, 4) is 0 Å². The molecule has 0 aliphatic heterocycles. The molecule has 1 atom stereocenters. The molecule has 2 aromatic rings. The van der Waals surface area contributed by atoms with E-state index in [-0.39, 0.29) is 11.9 Å². The predicted octanol–water partition coefficient (Wildman–Crippen LogP) is 3.04. The molecule has 1 amide bonds. The maximum atomic E-state index is 11.7. The molecule has 0 bridgehead atoms. The van der Waals surface area contributed by atoms with Crippen molar-refractivity contribution >= 4 is 22.9 Å². The van der Waals surface area contributed by atoms with Crippen molar-refractivity contribution < 1.29 is 4.79 Å². The third kappa shape index (κ3) is 3.68. The Morgan fingerprint density at radius 1 is 1.28 bits per heavy atom. The summed E-state index contributed by atoms with van der Waals surface area (Å²) in [6.07, 6.45) is 0. The lowest BCUT2D eigenvalue weighted by Gasteiger charge is -2.12. The van der Waals surface area contributed by atoms with Gasteiger partial charge < -0.3 is 10.6 Å². The number of carbonyl (C=O) groups excluding carboxylic acids is 1. The Kier molecular flexibility index (Phi) is 4.50. The number of carbonyl (C=O) groups is 1. The number of nitrogens with one attached hydrogen (secondary N) is 2. The second-order valence-electron chi connectivity index (χ2n) is 4.07. The fourth-order valence-electron chi connectivity index (χ4n) is 1.61. The number of amides is 1. The Hall–Kier alpha value is -1.65. The van der Waals surface area contributed by atoms with Crippen LogP contribution in [0, 0.1) is 0 Å². The smallest absolute Gasteiger partial charge is 0.238 e. The average molecular weight is 260 g/mol. The van der Waals surface area contributed by atoms with Gasteiger partial charge in [-0.1, -0.05) is 18.2 Å². The van der Waals surface area contributed by atoms with E-state index in [0.29, 0.717) is 6.54 Å². The third-order valence-corrected chi connectivity index (χ3v) is 3.37. The molecule has 0 fully saturated rings. The topological polar surface area (TPSA) is 41.1 Å². The number of para-hydroxylation sites is 1. The molecule has 0 saturated heterocycles. The zero-order valence-electron chi connectivity index (χ0n) is 10.2. The van der Waals surface area contributed by atoms with Crippen molar-refractivity contribution in [3.63, 3.8) is 0 Å². The molecule has 1 aromatic heterocycles. The summed E-state index contributed by atoms with van der Waals surface area (Å²) in [6, 6.07) is 11.7.